The van der Waals surface area contributed by atoms with Crippen molar-refractivity contribution in [3.05, 3.63) is 53.6 Å². The second-order valence-electron chi connectivity index (χ2n) is 5.95. The van der Waals surface area contributed by atoms with Crippen molar-refractivity contribution in [3.63, 3.8) is 0 Å². The molecular formula is C17H11F2N7OS. The van der Waals surface area contributed by atoms with Crippen molar-refractivity contribution in [3.8, 4) is 22.2 Å². The number of hydrogen-bond donors (Lipinski definition) is 1. The first kappa shape index (κ1) is 16.7. The van der Waals surface area contributed by atoms with Crippen LogP contribution < -0.4 is 0 Å². The Labute approximate surface area is 159 Å². The fourth-order valence-corrected chi connectivity index (χ4v) is 3.66. The second kappa shape index (κ2) is 6.60. The minimum Gasteiger partial charge on any atom is -0.414 e. The van der Waals surface area contributed by atoms with E-state index in [-0.39, 0.29) is 5.89 Å². The number of fused-ring (bicyclic) bond motifs is 1. The predicted molar refractivity (Wildman–Crippen MR) is 96.8 cm³/mol. The highest BCUT2D eigenvalue weighted by Crippen LogP contribution is 2.29. The molecule has 0 unspecified atom stereocenters. The summed E-state index contributed by atoms with van der Waals surface area (Å²) < 4.78 is 31.8. The lowest BCUT2D eigenvalue weighted by Gasteiger charge is -1.97. The van der Waals surface area contributed by atoms with E-state index in [1.165, 1.54) is 11.3 Å². The van der Waals surface area contributed by atoms with E-state index >= 15 is 0 Å². The number of aromatic nitrogens is 7. The van der Waals surface area contributed by atoms with Gasteiger partial charge in [0.1, 0.15) is 5.69 Å². The molecule has 0 amide bonds. The van der Waals surface area contributed by atoms with Crippen LogP contribution in [-0.2, 0) is 6.54 Å². The van der Waals surface area contributed by atoms with Crippen molar-refractivity contribution in [2.24, 2.45) is 0 Å². The molecule has 0 aliphatic rings. The smallest absolute Gasteiger partial charge is 0.314 e. The van der Waals surface area contributed by atoms with Crippen LogP contribution >= 0.6 is 11.3 Å². The molecule has 5 aromatic rings. The molecule has 1 N–H and O–H groups in total. The van der Waals surface area contributed by atoms with Gasteiger partial charge in [-0.05, 0) is 24.3 Å². The first-order valence-electron chi connectivity index (χ1n) is 8.20. The van der Waals surface area contributed by atoms with E-state index in [1.807, 2.05) is 30.6 Å². The van der Waals surface area contributed by atoms with E-state index in [2.05, 4.69) is 30.5 Å². The van der Waals surface area contributed by atoms with Gasteiger partial charge >= 0.3 is 6.43 Å². The highest BCUT2D eigenvalue weighted by atomic mass is 32.1. The van der Waals surface area contributed by atoms with Crippen LogP contribution in [0.3, 0.4) is 0 Å². The molecule has 0 saturated carbocycles. The summed E-state index contributed by atoms with van der Waals surface area (Å²) in [7, 11) is 0. The SMILES string of the molecule is FC(F)c1nnc(-c2ccc(Cn3cc(-c4cc5cc[nH]c5cn4)nn3)s2)o1. The molecule has 0 aliphatic heterocycles. The molecule has 0 radical (unpaired) electrons. The summed E-state index contributed by atoms with van der Waals surface area (Å²) >= 11 is 1.36. The van der Waals surface area contributed by atoms with Gasteiger partial charge in [0.25, 0.3) is 11.8 Å². The first-order valence-corrected chi connectivity index (χ1v) is 9.01. The van der Waals surface area contributed by atoms with Crippen molar-refractivity contribution >= 4 is 22.2 Å². The molecule has 8 nitrogen and oxygen atoms in total. The van der Waals surface area contributed by atoms with Gasteiger partial charge in [0.15, 0.2) is 0 Å². The molecule has 0 fully saturated rings. The van der Waals surface area contributed by atoms with E-state index in [0.717, 1.165) is 21.5 Å². The Kier molecular flexibility index (Phi) is 3.93. The molecule has 5 rings (SSSR count). The van der Waals surface area contributed by atoms with Crippen molar-refractivity contribution in [2.45, 2.75) is 13.0 Å². The maximum Gasteiger partial charge on any atom is 0.314 e. The second-order valence-corrected chi connectivity index (χ2v) is 7.12. The van der Waals surface area contributed by atoms with Gasteiger partial charge in [-0.2, -0.15) is 8.78 Å². The molecule has 28 heavy (non-hydrogen) atoms. The number of H-pyrrole nitrogens is 1. The number of halogens is 2. The van der Waals surface area contributed by atoms with Crippen molar-refractivity contribution in [1.82, 2.24) is 35.2 Å². The minimum atomic E-state index is -2.78. The standard InChI is InChI=1S/C17H11F2N7OS/c18-15(19)17-24-23-16(27-17)14-2-1-10(28-14)7-26-8-13(22-25-26)11-5-9-3-4-20-12(9)6-21-11/h1-6,8,15,20H,7H2. The summed E-state index contributed by atoms with van der Waals surface area (Å²) in [5.41, 5.74) is 2.35. The average Bonchev–Trinajstić information content (AvgIpc) is 3.47. The average molecular weight is 399 g/mol. The number of nitrogens with zero attached hydrogens (tertiary/aromatic N) is 6. The van der Waals surface area contributed by atoms with Crippen molar-refractivity contribution < 1.29 is 13.2 Å². The van der Waals surface area contributed by atoms with Crippen LogP contribution in [0.1, 0.15) is 17.2 Å². The molecule has 0 saturated heterocycles. The Balaban J connectivity index is 1.35. The first-order chi connectivity index (χ1) is 13.7. The summed E-state index contributed by atoms with van der Waals surface area (Å²) in [6.07, 6.45) is 2.64. The number of rotatable bonds is 5. The Hall–Kier alpha value is -3.47. The number of hydrogen-bond acceptors (Lipinski definition) is 7. The van der Waals surface area contributed by atoms with E-state index in [0.29, 0.717) is 17.1 Å². The fourth-order valence-electron chi connectivity index (χ4n) is 2.74. The summed E-state index contributed by atoms with van der Waals surface area (Å²) in [6.45, 7) is 0.472. The third-order valence-electron chi connectivity index (χ3n) is 4.06. The number of thiophene rings is 1. The molecule has 11 heteroatoms. The largest absolute Gasteiger partial charge is 0.414 e. The summed E-state index contributed by atoms with van der Waals surface area (Å²) in [5.74, 6) is -0.604. The molecule has 5 heterocycles. The molecule has 0 spiro atoms. The zero-order chi connectivity index (χ0) is 19.1. The lowest BCUT2D eigenvalue weighted by molar-refractivity contribution is 0.116. The summed E-state index contributed by atoms with van der Waals surface area (Å²) in [5, 5.41) is 16.4. The van der Waals surface area contributed by atoms with Gasteiger partial charge in [0, 0.05) is 16.5 Å². The molecular weight excluding hydrogens is 388 g/mol. The van der Waals surface area contributed by atoms with Crippen LogP contribution in [0.15, 0.2) is 47.3 Å². The normalized spacial score (nSPS) is 11.7. The number of alkyl halides is 2. The summed E-state index contributed by atoms with van der Waals surface area (Å²) in [6, 6.07) is 7.52. The van der Waals surface area contributed by atoms with Crippen LogP contribution in [-0.4, -0.2) is 35.2 Å². The zero-order valence-electron chi connectivity index (χ0n) is 14.1. The maximum atomic E-state index is 12.6. The van der Waals surface area contributed by atoms with Gasteiger partial charge < -0.3 is 9.40 Å². The number of aromatic amines is 1. The number of pyridine rings is 1. The van der Waals surface area contributed by atoms with Gasteiger partial charge in [-0.1, -0.05) is 5.21 Å². The summed E-state index contributed by atoms with van der Waals surface area (Å²) in [4.78, 5) is 9.06. The lowest BCUT2D eigenvalue weighted by atomic mass is 10.2. The van der Waals surface area contributed by atoms with Crippen LogP contribution in [0, 0.1) is 0 Å². The molecule has 0 aromatic carbocycles. The molecule has 0 bridgehead atoms. The Morgan fingerprint density at radius 3 is 2.93 bits per heavy atom. The predicted octanol–water partition coefficient (Wildman–Crippen LogP) is 3.92. The van der Waals surface area contributed by atoms with E-state index in [1.54, 1.807) is 16.9 Å². The van der Waals surface area contributed by atoms with E-state index < -0.39 is 12.3 Å². The Bertz CT molecular complexity index is 1260. The minimum absolute atomic E-state index is 0.0786. The third kappa shape index (κ3) is 3.05. The zero-order valence-corrected chi connectivity index (χ0v) is 14.9. The quantitative estimate of drug-likeness (QED) is 0.481. The molecule has 0 atom stereocenters. The van der Waals surface area contributed by atoms with Gasteiger partial charge in [-0.15, -0.1) is 26.6 Å². The van der Waals surface area contributed by atoms with Crippen molar-refractivity contribution in [1.29, 1.82) is 0 Å². The number of nitrogens with one attached hydrogen (secondary N) is 1. The third-order valence-corrected chi connectivity index (χ3v) is 5.11. The highest BCUT2D eigenvalue weighted by molar-refractivity contribution is 7.15. The van der Waals surface area contributed by atoms with E-state index in [9.17, 15) is 8.78 Å². The van der Waals surface area contributed by atoms with Crippen molar-refractivity contribution in [2.75, 3.05) is 0 Å². The van der Waals surface area contributed by atoms with Crippen LogP contribution in [0.4, 0.5) is 8.78 Å². The molecule has 0 aliphatic carbocycles. The molecule has 5 aromatic heterocycles. The topological polar surface area (TPSA) is 98.3 Å². The Morgan fingerprint density at radius 1 is 1.14 bits per heavy atom. The maximum absolute atomic E-state index is 12.6. The van der Waals surface area contributed by atoms with Gasteiger partial charge in [-0.3, -0.25) is 4.98 Å². The monoisotopic (exact) mass is 399 g/mol. The van der Waals surface area contributed by atoms with E-state index in [4.69, 9.17) is 4.42 Å². The van der Waals surface area contributed by atoms with Gasteiger partial charge in [0.2, 0.25) is 0 Å². The molecule has 140 valence electrons. The van der Waals surface area contributed by atoms with Gasteiger partial charge in [-0.25, -0.2) is 4.68 Å². The Morgan fingerprint density at radius 2 is 2.07 bits per heavy atom. The van der Waals surface area contributed by atoms with Crippen LogP contribution in [0.2, 0.25) is 0 Å². The van der Waals surface area contributed by atoms with Gasteiger partial charge in [0.05, 0.1) is 35.0 Å². The fraction of sp³-hybridized carbons (Fsp3) is 0.118. The van der Waals surface area contributed by atoms with Crippen LogP contribution in [0.5, 0.6) is 0 Å². The lowest BCUT2D eigenvalue weighted by Crippen LogP contribution is -1.98. The highest BCUT2D eigenvalue weighted by Gasteiger charge is 2.18. The van der Waals surface area contributed by atoms with Crippen LogP contribution in [0.25, 0.3) is 33.1 Å².